The lowest BCUT2D eigenvalue weighted by Crippen LogP contribution is -2.55. The molecule has 3 aromatic carbocycles. The number of hydrogen-bond donors (Lipinski definition) is 4. The second-order valence-corrected chi connectivity index (χ2v) is 18.3. The maximum Gasteiger partial charge on any atom is 0.329 e. The van der Waals surface area contributed by atoms with Gasteiger partial charge in [-0.15, -0.1) is 0 Å². The van der Waals surface area contributed by atoms with E-state index >= 15 is 0 Å². The minimum Gasteiger partial charge on any atom is -0.381 e. The molecule has 0 radical (unpaired) electrons. The zero-order valence-corrected chi connectivity index (χ0v) is 39.0. The fourth-order valence-corrected chi connectivity index (χ4v) is 9.67. The van der Waals surface area contributed by atoms with Crippen LogP contribution in [0.4, 0.5) is 5.69 Å². The Bertz CT molecular complexity index is 2450. The van der Waals surface area contributed by atoms with Crippen LogP contribution in [0.15, 0.2) is 65.5 Å². The van der Waals surface area contributed by atoms with Gasteiger partial charge in [0, 0.05) is 52.7 Å². The Balaban J connectivity index is 0.742. The largest absolute Gasteiger partial charge is 0.381 e. The number of fused-ring (bicyclic) bond motifs is 1. The van der Waals surface area contributed by atoms with E-state index in [0.29, 0.717) is 64.0 Å². The predicted octanol–water partition coefficient (Wildman–Crippen LogP) is 4.36. The summed E-state index contributed by atoms with van der Waals surface area (Å²) >= 11 is 0. The molecule has 0 spiro atoms. The van der Waals surface area contributed by atoms with Gasteiger partial charge in [0.1, 0.15) is 12.1 Å². The fraction of sp³-hybridized carbons (Fsp3) is 0.529. The smallest absolute Gasteiger partial charge is 0.329 e. The molecular formula is C51H67N7O9. The number of nitrogens with one attached hydrogen (secondary N) is 2. The zero-order valence-electron chi connectivity index (χ0n) is 39.0. The number of carbonyl (C=O) groups excluding carboxylic acids is 5. The topological polar surface area (TPSA) is 219 Å². The van der Waals surface area contributed by atoms with Crippen LogP contribution in [0.3, 0.4) is 0 Å². The van der Waals surface area contributed by atoms with E-state index in [2.05, 4.69) is 22.8 Å². The Morgan fingerprint density at radius 2 is 1.49 bits per heavy atom. The van der Waals surface area contributed by atoms with Crippen molar-refractivity contribution in [3.05, 3.63) is 99.0 Å². The summed E-state index contributed by atoms with van der Waals surface area (Å²) in [6.07, 6.45) is 9.58. The summed E-state index contributed by atoms with van der Waals surface area (Å²) in [5.74, 6) is -1.76. The van der Waals surface area contributed by atoms with E-state index in [9.17, 15) is 28.8 Å². The minimum absolute atomic E-state index is 0.0827. The number of ether oxygens (including phenoxy) is 3. The quantitative estimate of drug-likeness (QED) is 0.0544. The van der Waals surface area contributed by atoms with Crippen LogP contribution < -0.4 is 32.7 Å². The molecule has 1 unspecified atom stereocenters. The van der Waals surface area contributed by atoms with Crippen molar-refractivity contribution in [1.29, 1.82) is 0 Å². The summed E-state index contributed by atoms with van der Waals surface area (Å²) in [6, 6.07) is 17.4. The molecule has 3 aliphatic rings. The average Bonchev–Trinajstić information content (AvgIpc) is 3.79. The van der Waals surface area contributed by atoms with Crippen LogP contribution in [0.1, 0.15) is 111 Å². The second-order valence-electron chi connectivity index (χ2n) is 18.3. The predicted molar refractivity (Wildman–Crippen MR) is 254 cm³/mol. The number of para-hydroxylation sites is 2. The molecular weight excluding hydrogens is 855 g/mol. The van der Waals surface area contributed by atoms with Gasteiger partial charge in [-0.1, -0.05) is 67.4 Å². The number of nitrogens with two attached hydrogens (primary N) is 2. The normalized spacial score (nSPS) is 19.0. The van der Waals surface area contributed by atoms with Crippen LogP contribution in [0, 0.1) is 0 Å². The van der Waals surface area contributed by atoms with E-state index in [1.807, 2.05) is 55.5 Å². The highest BCUT2D eigenvalue weighted by Gasteiger charge is 2.43. The van der Waals surface area contributed by atoms with Gasteiger partial charge in [-0.25, -0.2) is 4.79 Å². The van der Waals surface area contributed by atoms with Crippen molar-refractivity contribution < 1.29 is 38.2 Å². The molecule has 0 saturated carbocycles. The molecule has 1 saturated heterocycles. The van der Waals surface area contributed by atoms with Crippen LogP contribution >= 0.6 is 0 Å². The highest BCUT2D eigenvalue weighted by atomic mass is 16.5. The Hall–Kier alpha value is -5.68. The molecule has 16 heteroatoms. The molecule has 0 aliphatic carbocycles. The summed E-state index contributed by atoms with van der Waals surface area (Å²) in [6.45, 7) is 4.95. The van der Waals surface area contributed by atoms with Gasteiger partial charge >= 0.3 is 5.69 Å². The van der Waals surface area contributed by atoms with Crippen LogP contribution in [-0.4, -0.2) is 89.3 Å². The SMILES string of the molecule is C[C@@H](OCc1ccc(CCCOCCCCCCOCCCc2cccc3c2n(C)c(=O)n3C2CCC(=O)NC2=O)cc1)[C@H](CCC(N)=O)NC(=O)[C@@H]1Cc2cccc3c2N1C(=O)[C@@H](N)CC3. The lowest BCUT2D eigenvalue weighted by Gasteiger charge is -2.30. The molecule has 16 nitrogen and oxygen atoms in total. The van der Waals surface area contributed by atoms with Gasteiger partial charge in [0.15, 0.2) is 0 Å². The molecule has 5 atom stereocenters. The summed E-state index contributed by atoms with van der Waals surface area (Å²) in [7, 11) is 1.73. The van der Waals surface area contributed by atoms with Gasteiger partial charge in [-0.2, -0.15) is 0 Å². The maximum absolute atomic E-state index is 13.8. The Morgan fingerprint density at radius 3 is 2.21 bits per heavy atom. The lowest BCUT2D eigenvalue weighted by atomic mass is 10.0. The van der Waals surface area contributed by atoms with Gasteiger partial charge in [0.05, 0.1) is 41.5 Å². The number of unbranched alkanes of at least 4 members (excludes halogenated alkanes) is 3. The Kier molecular flexibility index (Phi) is 17.2. The number of nitrogens with zero attached hydrogens (tertiary/aromatic N) is 3. The summed E-state index contributed by atoms with van der Waals surface area (Å²) < 4.78 is 21.2. The molecule has 6 N–H and O–H groups in total. The van der Waals surface area contributed by atoms with Crippen molar-refractivity contribution in [2.24, 2.45) is 18.5 Å². The molecule has 4 heterocycles. The van der Waals surface area contributed by atoms with Crippen LogP contribution in [-0.2, 0) is 77.5 Å². The zero-order chi connectivity index (χ0) is 47.5. The van der Waals surface area contributed by atoms with Gasteiger partial charge < -0.3 is 31.0 Å². The molecule has 3 aliphatic heterocycles. The van der Waals surface area contributed by atoms with Crippen molar-refractivity contribution in [3.63, 3.8) is 0 Å². The third-order valence-electron chi connectivity index (χ3n) is 13.4. The maximum atomic E-state index is 13.8. The molecule has 67 heavy (non-hydrogen) atoms. The number of aryl methyl sites for hydroxylation is 4. The monoisotopic (exact) mass is 922 g/mol. The fourth-order valence-electron chi connectivity index (χ4n) is 9.67. The number of carbonyl (C=O) groups is 5. The van der Waals surface area contributed by atoms with Crippen molar-refractivity contribution in [3.8, 4) is 0 Å². The molecule has 4 aromatic rings. The number of piperidine rings is 1. The Labute approximate surface area is 392 Å². The number of hydrogen-bond acceptors (Lipinski definition) is 10. The number of rotatable bonds is 25. The highest BCUT2D eigenvalue weighted by molar-refractivity contribution is 6.07. The van der Waals surface area contributed by atoms with Gasteiger partial charge in [0.2, 0.25) is 29.5 Å². The molecule has 360 valence electrons. The van der Waals surface area contributed by atoms with Crippen molar-refractivity contribution >= 4 is 46.3 Å². The number of aromatic nitrogens is 2. The van der Waals surface area contributed by atoms with E-state index in [1.54, 1.807) is 16.5 Å². The third kappa shape index (κ3) is 12.3. The molecule has 7 rings (SSSR count). The number of anilines is 1. The summed E-state index contributed by atoms with van der Waals surface area (Å²) in [5.41, 5.74) is 19.0. The molecule has 1 aromatic heterocycles. The first-order chi connectivity index (χ1) is 32.4. The molecule has 0 bridgehead atoms. The van der Waals surface area contributed by atoms with Crippen molar-refractivity contribution in [2.45, 2.75) is 140 Å². The third-order valence-corrected chi connectivity index (χ3v) is 13.4. The van der Waals surface area contributed by atoms with Crippen LogP contribution in [0.5, 0.6) is 0 Å². The first-order valence-corrected chi connectivity index (χ1v) is 24.1. The van der Waals surface area contributed by atoms with Gasteiger partial charge in [-0.05, 0) is 105 Å². The van der Waals surface area contributed by atoms with E-state index < -0.39 is 42.1 Å². The molecule has 1 fully saturated rings. The highest BCUT2D eigenvalue weighted by Crippen LogP contribution is 2.39. The number of primary amides is 1. The van der Waals surface area contributed by atoms with Crippen molar-refractivity contribution in [2.75, 3.05) is 31.3 Å². The van der Waals surface area contributed by atoms with Crippen LogP contribution in [0.25, 0.3) is 11.0 Å². The summed E-state index contributed by atoms with van der Waals surface area (Å²) in [5, 5.41) is 5.45. The molecule has 5 amide bonds. The number of imidazole rings is 1. The Morgan fingerprint density at radius 1 is 0.821 bits per heavy atom. The minimum atomic E-state index is -0.733. The number of imide groups is 1. The number of benzene rings is 3. The van der Waals surface area contributed by atoms with Crippen molar-refractivity contribution in [1.82, 2.24) is 19.8 Å². The van der Waals surface area contributed by atoms with E-state index in [0.717, 1.165) is 91.4 Å². The number of amides is 5. The summed E-state index contributed by atoms with van der Waals surface area (Å²) in [4.78, 5) is 78.0. The average molecular weight is 922 g/mol. The van der Waals surface area contributed by atoms with E-state index in [1.165, 1.54) is 10.1 Å². The van der Waals surface area contributed by atoms with E-state index in [4.69, 9.17) is 25.7 Å². The standard InChI is InChI=1S/C51H67N7O9/c1-33(40(23-25-44(53)59)54-49(62)43-31-38-14-7-12-37-21-22-39(52)50(63)58(43)46(37)38)67-32-35-19-17-34(18-20-35)11-9-29-65-27-5-3-4-6-28-66-30-10-15-36-13-8-16-41-47(36)56(2)51(64)57(41)42-24-26-45(60)55-48(42)61/h7-8,12-14,16-20,33,39-40,42-43H,3-6,9-11,15,21-32,52H2,1-2H3,(H2,53,59)(H,54,62)(H,55,60,61)/t33-,39+,40+,42?,43+/m1/s1. The van der Waals surface area contributed by atoms with Crippen LogP contribution in [0.2, 0.25) is 0 Å². The van der Waals surface area contributed by atoms with Gasteiger partial charge in [-0.3, -0.25) is 43.3 Å². The first-order valence-electron chi connectivity index (χ1n) is 24.1. The van der Waals surface area contributed by atoms with Gasteiger partial charge in [0.25, 0.3) is 0 Å². The second kappa shape index (κ2) is 23.4. The lowest BCUT2D eigenvalue weighted by molar-refractivity contribution is -0.135. The first kappa shape index (κ1) is 49.2. The van der Waals surface area contributed by atoms with E-state index in [-0.39, 0.29) is 36.3 Å².